The van der Waals surface area contributed by atoms with Crippen molar-refractivity contribution in [1.29, 1.82) is 0 Å². The van der Waals surface area contributed by atoms with Gasteiger partial charge in [-0.25, -0.2) is 14.8 Å². The van der Waals surface area contributed by atoms with Crippen LogP contribution in [0.25, 0.3) is 0 Å². The minimum absolute atomic E-state index is 0.128. The molecule has 2 aromatic rings. The van der Waals surface area contributed by atoms with Gasteiger partial charge in [0.15, 0.2) is 0 Å². The highest BCUT2D eigenvalue weighted by atomic mass is 35.5. The van der Waals surface area contributed by atoms with Gasteiger partial charge in [-0.05, 0) is 18.2 Å². The smallest absolute Gasteiger partial charge is 0.338 e. The zero-order chi connectivity index (χ0) is 13.0. The molecule has 0 aliphatic carbocycles. The fraction of sp³-hybridized carbons (Fsp3) is 0.0833. The van der Waals surface area contributed by atoms with Gasteiger partial charge in [0.2, 0.25) is 0 Å². The van der Waals surface area contributed by atoms with Crippen molar-refractivity contribution in [2.24, 2.45) is 0 Å². The largest absolute Gasteiger partial charge is 0.457 e. The molecular formula is C12H8Cl2N2O2. The van der Waals surface area contributed by atoms with Crippen molar-refractivity contribution in [1.82, 2.24) is 9.97 Å². The lowest BCUT2D eigenvalue weighted by atomic mass is 10.3. The van der Waals surface area contributed by atoms with Crippen LogP contribution in [0.1, 0.15) is 15.9 Å². The number of ether oxygens (including phenoxy) is 1. The third-order valence-electron chi connectivity index (χ3n) is 2.12. The monoisotopic (exact) mass is 282 g/mol. The number of hydrogen-bond acceptors (Lipinski definition) is 4. The van der Waals surface area contributed by atoms with Crippen LogP contribution in [0.15, 0.2) is 36.7 Å². The van der Waals surface area contributed by atoms with Crippen LogP contribution in [0, 0.1) is 0 Å². The first kappa shape index (κ1) is 12.8. The summed E-state index contributed by atoms with van der Waals surface area (Å²) in [7, 11) is 0. The van der Waals surface area contributed by atoms with Gasteiger partial charge in [0.25, 0.3) is 0 Å². The standard InChI is InChI=1S/C12H8Cl2N2O2/c13-10-2-1-8(6-16-10)7-18-12(17)9-3-4-15-11(14)5-9/h1-6H,7H2. The Labute approximate surface area is 114 Å². The van der Waals surface area contributed by atoms with Crippen LogP contribution in [0.5, 0.6) is 0 Å². The molecule has 0 radical (unpaired) electrons. The summed E-state index contributed by atoms with van der Waals surface area (Å²) in [5.74, 6) is -0.464. The van der Waals surface area contributed by atoms with Gasteiger partial charge in [-0.1, -0.05) is 29.3 Å². The second kappa shape index (κ2) is 5.80. The van der Waals surface area contributed by atoms with Crippen LogP contribution in [0.3, 0.4) is 0 Å². The summed E-state index contributed by atoms with van der Waals surface area (Å²) in [5.41, 5.74) is 1.12. The Bertz CT molecular complexity index is 558. The van der Waals surface area contributed by atoms with Gasteiger partial charge in [0.1, 0.15) is 16.9 Å². The minimum Gasteiger partial charge on any atom is -0.457 e. The zero-order valence-corrected chi connectivity index (χ0v) is 10.6. The van der Waals surface area contributed by atoms with Gasteiger partial charge < -0.3 is 4.74 Å². The maximum Gasteiger partial charge on any atom is 0.338 e. The van der Waals surface area contributed by atoms with Crippen molar-refractivity contribution < 1.29 is 9.53 Å². The zero-order valence-electron chi connectivity index (χ0n) is 9.14. The highest BCUT2D eigenvalue weighted by Crippen LogP contribution is 2.10. The highest BCUT2D eigenvalue weighted by molar-refractivity contribution is 6.29. The Hall–Kier alpha value is -1.65. The molecule has 2 aromatic heterocycles. The number of aromatic nitrogens is 2. The fourth-order valence-electron chi connectivity index (χ4n) is 1.25. The van der Waals surface area contributed by atoms with E-state index in [0.29, 0.717) is 10.7 Å². The van der Waals surface area contributed by atoms with Gasteiger partial charge >= 0.3 is 5.97 Å². The molecule has 0 saturated heterocycles. The summed E-state index contributed by atoms with van der Waals surface area (Å²) in [6.07, 6.45) is 3.00. The number of nitrogens with zero attached hydrogens (tertiary/aromatic N) is 2. The van der Waals surface area contributed by atoms with E-state index in [2.05, 4.69) is 9.97 Å². The van der Waals surface area contributed by atoms with E-state index in [1.165, 1.54) is 18.3 Å². The van der Waals surface area contributed by atoms with Gasteiger partial charge in [0, 0.05) is 18.0 Å². The van der Waals surface area contributed by atoms with Crippen LogP contribution in [-0.2, 0) is 11.3 Å². The lowest BCUT2D eigenvalue weighted by Gasteiger charge is -2.04. The van der Waals surface area contributed by atoms with E-state index in [0.717, 1.165) is 5.56 Å². The number of esters is 1. The van der Waals surface area contributed by atoms with Crippen molar-refractivity contribution in [3.8, 4) is 0 Å². The molecular weight excluding hydrogens is 275 g/mol. The third kappa shape index (κ3) is 3.42. The molecule has 6 heteroatoms. The number of hydrogen-bond donors (Lipinski definition) is 0. The number of rotatable bonds is 3. The second-order valence-corrected chi connectivity index (χ2v) is 4.21. The Morgan fingerprint density at radius 3 is 2.67 bits per heavy atom. The van der Waals surface area contributed by atoms with E-state index in [1.54, 1.807) is 18.3 Å². The van der Waals surface area contributed by atoms with Crippen LogP contribution in [0.4, 0.5) is 0 Å². The summed E-state index contributed by atoms with van der Waals surface area (Å²) < 4.78 is 5.10. The summed E-state index contributed by atoms with van der Waals surface area (Å²) in [5, 5.41) is 0.642. The molecule has 0 spiro atoms. The number of halogens is 2. The molecule has 0 fully saturated rings. The first-order chi connectivity index (χ1) is 8.65. The minimum atomic E-state index is -0.464. The average Bonchev–Trinajstić information content (AvgIpc) is 2.38. The van der Waals surface area contributed by atoms with E-state index in [4.69, 9.17) is 27.9 Å². The van der Waals surface area contributed by atoms with Crippen LogP contribution in [0.2, 0.25) is 10.3 Å². The van der Waals surface area contributed by atoms with Crippen molar-refractivity contribution in [3.63, 3.8) is 0 Å². The predicted molar refractivity (Wildman–Crippen MR) is 67.6 cm³/mol. The molecule has 0 aliphatic heterocycles. The van der Waals surface area contributed by atoms with Gasteiger partial charge in [0.05, 0.1) is 5.56 Å². The quantitative estimate of drug-likeness (QED) is 0.641. The molecule has 0 aromatic carbocycles. The molecule has 0 unspecified atom stereocenters. The van der Waals surface area contributed by atoms with Gasteiger partial charge in [-0.2, -0.15) is 0 Å². The Morgan fingerprint density at radius 1 is 1.17 bits per heavy atom. The van der Waals surface area contributed by atoms with Crippen molar-refractivity contribution in [3.05, 3.63) is 58.1 Å². The van der Waals surface area contributed by atoms with E-state index >= 15 is 0 Å². The van der Waals surface area contributed by atoms with E-state index in [-0.39, 0.29) is 11.8 Å². The molecule has 0 N–H and O–H groups in total. The lowest BCUT2D eigenvalue weighted by molar-refractivity contribution is 0.0472. The van der Waals surface area contributed by atoms with Crippen molar-refractivity contribution in [2.75, 3.05) is 0 Å². The Balaban J connectivity index is 1.98. The number of carbonyl (C=O) groups excluding carboxylic acids is 1. The van der Waals surface area contributed by atoms with Crippen LogP contribution < -0.4 is 0 Å². The van der Waals surface area contributed by atoms with E-state index in [1.807, 2.05) is 0 Å². The van der Waals surface area contributed by atoms with E-state index in [9.17, 15) is 4.79 Å². The highest BCUT2D eigenvalue weighted by Gasteiger charge is 2.08. The number of carbonyl (C=O) groups is 1. The summed E-state index contributed by atoms with van der Waals surface area (Å²) in [6.45, 7) is 0.128. The van der Waals surface area contributed by atoms with Crippen LogP contribution >= 0.6 is 23.2 Å². The molecule has 0 amide bonds. The number of pyridine rings is 2. The van der Waals surface area contributed by atoms with Gasteiger partial charge in [-0.3, -0.25) is 0 Å². The van der Waals surface area contributed by atoms with Gasteiger partial charge in [-0.15, -0.1) is 0 Å². The molecule has 0 atom stereocenters. The topological polar surface area (TPSA) is 52.1 Å². The summed E-state index contributed by atoms with van der Waals surface area (Å²) in [6, 6.07) is 6.36. The maximum atomic E-state index is 11.7. The first-order valence-electron chi connectivity index (χ1n) is 5.04. The summed E-state index contributed by atoms with van der Waals surface area (Å²) >= 11 is 11.3. The molecule has 2 rings (SSSR count). The van der Waals surface area contributed by atoms with E-state index < -0.39 is 5.97 Å². The Kier molecular flexibility index (Phi) is 4.12. The molecule has 2 heterocycles. The Morgan fingerprint density at radius 2 is 2.00 bits per heavy atom. The molecule has 18 heavy (non-hydrogen) atoms. The third-order valence-corrected chi connectivity index (χ3v) is 2.55. The van der Waals surface area contributed by atoms with Crippen LogP contribution in [-0.4, -0.2) is 15.9 Å². The maximum absolute atomic E-state index is 11.7. The SMILES string of the molecule is O=C(OCc1ccc(Cl)nc1)c1ccnc(Cl)c1. The molecule has 0 aliphatic rings. The molecule has 0 saturated carbocycles. The molecule has 92 valence electrons. The fourth-order valence-corrected chi connectivity index (χ4v) is 1.54. The lowest BCUT2D eigenvalue weighted by Crippen LogP contribution is -2.05. The van der Waals surface area contributed by atoms with Crippen molar-refractivity contribution in [2.45, 2.75) is 6.61 Å². The molecule has 4 nitrogen and oxygen atoms in total. The van der Waals surface area contributed by atoms with Crippen molar-refractivity contribution >= 4 is 29.2 Å². The normalized spacial score (nSPS) is 10.1. The second-order valence-electron chi connectivity index (χ2n) is 3.43. The average molecular weight is 283 g/mol. The summed E-state index contributed by atoms with van der Waals surface area (Å²) in [4.78, 5) is 19.4. The molecule has 0 bridgehead atoms. The first-order valence-corrected chi connectivity index (χ1v) is 5.80. The predicted octanol–water partition coefficient (Wildman–Crippen LogP) is 3.14.